The SMILES string of the molecule is N#Cc1cccc([N+](=O)[O-])c1N1CCCCC1. The van der Waals surface area contributed by atoms with Crippen molar-refractivity contribution in [2.24, 2.45) is 0 Å². The van der Waals surface area contributed by atoms with Gasteiger partial charge in [0.1, 0.15) is 11.8 Å². The quantitative estimate of drug-likeness (QED) is 0.579. The van der Waals surface area contributed by atoms with E-state index >= 15 is 0 Å². The summed E-state index contributed by atoms with van der Waals surface area (Å²) in [6.45, 7) is 1.58. The molecule has 1 aromatic rings. The minimum Gasteiger partial charge on any atom is -0.365 e. The number of nitro benzene ring substituents is 1. The van der Waals surface area contributed by atoms with Crippen LogP contribution in [0.5, 0.6) is 0 Å². The highest BCUT2D eigenvalue weighted by atomic mass is 16.6. The van der Waals surface area contributed by atoms with Gasteiger partial charge in [0.2, 0.25) is 0 Å². The minimum atomic E-state index is -0.412. The average Bonchev–Trinajstić information content (AvgIpc) is 2.38. The zero-order valence-corrected chi connectivity index (χ0v) is 9.43. The number of nitriles is 1. The van der Waals surface area contributed by atoms with Crippen molar-refractivity contribution >= 4 is 11.4 Å². The first-order chi connectivity index (χ1) is 8.24. The monoisotopic (exact) mass is 231 g/mol. The third-order valence-corrected chi connectivity index (χ3v) is 3.00. The molecule has 1 heterocycles. The van der Waals surface area contributed by atoms with Crippen molar-refractivity contribution in [1.29, 1.82) is 5.26 Å². The molecule has 0 saturated carbocycles. The number of benzene rings is 1. The van der Waals surface area contributed by atoms with Crippen LogP contribution in [-0.2, 0) is 0 Å². The third kappa shape index (κ3) is 2.21. The summed E-state index contributed by atoms with van der Waals surface area (Å²) in [5.41, 5.74) is 0.909. The van der Waals surface area contributed by atoms with Gasteiger partial charge in [-0.1, -0.05) is 6.07 Å². The van der Waals surface area contributed by atoms with Crippen LogP contribution in [0.25, 0.3) is 0 Å². The van der Waals surface area contributed by atoms with Crippen LogP contribution in [0.15, 0.2) is 18.2 Å². The minimum absolute atomic E-state index is 0.0333. The summed E-state index contributed by atoms with van der Waals surface area (Å²) in [5.74, 6) is 0. The Morgan fingerprint density at radius 2 is 2.00 bits per heavy atom. The van der Waals surface area contributed by atoms with Gasteiger partial charge in [-0.15, -0.1) is 0 Å². The number of para-hydroxylation sites is 1. The maximum atomic E-state index is 11.0. The Bertz CT molecular complexity index is 473. The number of rotatable bonds is 2. The van der Waals surface area contributed by atoms with Crippen molar-refractivity contribution in [3.63, 3.8) is 0 Å². The van der Waals surface area contributed by atoms with Crippen molar-refractivity contribution in [3.8, 4) is 6.07 Å². The standard InChI is InChI=1S/C12H13N3O2/c13-9-10-5-4-6-11(15(16)17)12(10)14-7-2-1-3-8-14/h4-6H,1-3,7-8H2. The van der Waals surface area contributed by atoms with Gasteiger partial charge in [0.05, 0.1) is 10.5 Å². The molecule has 1 aliphatic rings. The number of nitro groups is 1. The Hall–Kier alpha value is -2.09. The van der Waals surface area contributed by atoms with Crippen LogP contribution in [0.1, 0.15) is 24.8 Å². The van der Waals surface area contributed by atoms with Crippen molar-refractivity contribution in [2.75, 3.05) is 18.0 Å². The molecule has 2 rings (SSSR count). The number of piperidine rings is 1. The highest BCUT2D eigenvalue weighted by molar-refractivity contribution is 5.71. The van der Waals surface area contributed by atoms with Crippen molar-refractivity contribution < 1.29 is 4.92 Å². The van der Waals surface area contributed by atoms with E-state index in [1.807, 2.05) is 11.0 Å². The largest absolute Gasteiger partial charge is 0.365 e. The van der Waals surface area contributed by atoms with E-state index in [1.54, 1.807) is 12.1 Å². The molecule has 5 heteroatoms. The van der Waals surface area contributed by atoms with Gasteiger partial charge in [-0.25, -0.2) is 0 Å². The molecule has 0 radical (unpaired) electrons. The van der Waals surface area contributed by atoms with Gasteiger partial charge in [0.15, 0.2) is 0 Å². The van der Waals surface area contributed by atoms with Gasteiger partial charge in [0.25, 0.3) is 5.69 Å². The summed E-state index contributed by atoms with van der Waals surface area (Å²) in [6, 6.07) is 6.70. The molecule has 88 valence electrons. The first-order valence-corrected chi connectivity index (χ1v) is 5.66. The lowest BCUT2D eigenvalue weighted by Crippen LogP contribution is -2.30. The van der Waals surface area contributed by atoms with Crippen LogP contribution < -0.4 is 4.90 Å². The van der Waals surface area contributed by atoms with E-state index in [-0.39, 0.29) is 5.69 Å². The van der Waals surface area contributed by atoms with E-state index in [4.69, 9.17) is 5.26 Å². The van der Waals surface area contributed by atoms with E-state index in [0.717, 1.165) is 32.4 Å². The normalized spacial score (nSPS) is 15.4. The van der Waals surface area contributed by atoms with Crippen LogP contribution in [0.4, 0.5) is 11.4 Å². The van der Waals surface area contributed by atoms with Crippen LogP contribution in [0, 0.1) is 21.4 Å². The highest BCUT2D eigenvalue weighted by Gasteiger charge is 2.24. The smallest absolute Gasteiger partial charge is 0.293 e. The van der Waals surface area contributed by atoms with E-state index in [2.05, 4.69) is 0 Å². The van der Waals surface area contributed by atoms with Gasteiger partial charge < -0.3 is 4.90 Å². The van der Waals surface area contributed by atoms with E-state index in [9.17, 15) is 10.1 Å². The van der Waals surface area contributed by atoms with Crippen molar-refractivity contribution in [3.05, 3.63) is 33.9 Å². The number of hydrogen-bond acceptors (Lipinski definition) is 4. The fourth-order valence-corrected chi connectivity index (χ4v) is 2.22. The van der Waals surface area contributed by atoms with Gasteiger partial charge in [-0.2, -0.15) is 5.26 Å². The summed E-state index contributed by atoms with van der Waals surface area (Å²) in [4.78, 5) is 12.5. The predicted octanol–water partition coefficient (Wildman–Crippen LogP) is 2.46. The molecule has 1 fully saturated rings. The molecule has 1 saturated heterocycles. The molecule has 1 aliphatic heterocycles. The highest BCUT2D eigenvalue weighted by Crippen LogP contribution is 2.33. The second kappa shape index (κ2) is 4.83. The Balaban J connectivity index is 2.48. The topological polar surface area (TPSA) is 70.2 Å². The van der Waals surface area contributed by atoms with Crippen molar-refractivity contribution in [1.82, 2.24) is 0 Å². The fourth-order valence-electron chi connectivity index (χ4n) is 2.22. The van der Waals surface area contributed by atoms with E-state index in [1.165, 1.54) is 6.07 Å². The Morgan fingerprint density at radius 1 is 1.29 bits per heavy atom. The Labute approximate surface area is 99.4 Å². The third-order valence-electron chi connectivity index (χ3n) is 3.00. The second-order valence-electron chi connectivity index (χ2n) is 4.09. The molecular formula is C12H13N3O2. The molecular weight excluding hydrogens is 218 g/mol. The molecule has 0 aliphatic carbocycles. The molecule has 0 spiro atoms. The first kappa shape index (κ1) is 11.4. The van der Waals surface area contributed by atoms with E-state index < -0.39 is 4.92 Å². The summed E-state index contributed by atoms with van der Waals surface area (Å²) < 4.78 is 0. The lowest BCUT2D eigenvalue weighted by molar-refractivity contribution is -0.384. The fraction of sp³-hybridized carbons (Fsp3) is 0.417. The first-order valence-electron chi connectivity index (χ1n) is 5.66. The van der Waals surface area contributed by atoms with Gasteiger partial charge in [0, 0.05) is 19.2 Å². The molecule has 17 heavy (non-hydrogen) atoms. The molecule has 0 aromatic heterocycles. The molecule has 5 nitrogen and oxygen atoms in total. The summed E-state index contributed by atoms with van der Waals surface area (Å²) in [6.07, 6.45) is 3.20. The number of hydrogen-bond donors (Lipinski definition) is 0. The Kier molecular flexibility index (Phi) is 3.24. The number of nitrogens with zero attached hydrogens (tertiary/aromatic N) is 3. The van der Waals surface area contributed by atoms with Crippen LogP contribution >= 0.6 is 0 Å². The van der Waals surface area contributed by atoms with Gasteiger partial charge >= 0.3 is 0 Å². The molecule has 0 N–H and O–H groups in total. The average molecular weight is 231 g/mol. The van der Waals surface area contributed by atoms with Crippen molar-refractivity contribution in [2.45, 2.75) is 19.3 Å². The zero-order chi connectivity index (χ0) is 12.3. The zero-order valence-electron chi connectivity index (χ0n) is 9.43. The molecule has 0 amide bonds. The summed E-state index contributed by atoms with van der Waals surface area (Å²) in [5, 5.41) is 20.1. The molecule has 0 bridgehead atoms. The maximum Gasteiger partial charge on any atom is 0.293 e. The summed E-state index contributed by atoms with van der Waals surface area (Å²) >= 11 is 0. The molecule has 0 atom stereocenters. The number of anilines is 1. The molecule has 1 aromatic carbocycles. The van der Waals surface area contributed by atoms with Gasteiger partial charge in [-0.3, -0.25) is 10.1 Å². The summed E-state index contributed by atoms with van der Waals surface area (Å²) in [7, 11) is 0. The van der Waals surface area contributed by atoms with Gasteiger partial charge in [-0.05, 0) is 25.3 Å². The van der Waals surface area contributed by atoms with Crippen LogP contribution in [-0.4, -0.2) is 18.0 Å². The van der Waals surface area contributed by atoms with Crippen LogP contribution in [0.3, 0.4) is 0 Å². The van der Waals surface area contributed by atoms with E-state index in [0.29, 0.717) is 11.3 Å². The predicted molar refractivity (Wildman–Crippen MR) is 63.9 cm³/mol. The lowest BCUT2D eigenvalue weighted by atomic mass is 10.1. The Morgan fingerprint density at radius 3 is 2.59 bits per heavy atom. The molecule has 0 unspecified atom stereocenters. The second-order valence-corrected chi connectivity index (χ2v) is 4.09. The maximum absolute atomic E-state index is 11.0. The lowest BCUT2D eigenvalue weighted by Gasteiger charge is -2.28. The van der Waals surface area contributed by atoms with Crippen LogP contribution in [0.2, 0.25) is 0 Å².